The standard InChI is InChI=1S/C13H16ClNO/c1-15(13(16)7-8-14)12-6-5-10-3-2-4-11(10)9-12/h5-6,9H,2-4,7-8H2,1H3. The Kier molecular flexibility index (Phi) is 3.49. The number of hydrogen-bond donors (Lipinski definition) is 0. The molecule has 3 heteroatoms. The summed E-state index contributed by atoms with van der Waals surface area (Å²) in [5.41, 5.74) is 3.81. The molecule has 0 aromatic heterocycles. The summed E-state index contributed by atoms with van der Waals surface area (Å²) in [5, 5.41) is 0. The maximum Gasteiger partial charge on any atom is 0.227 e. The van der Waals surface area contributed by atoms with E-state index in [0.717, 1.165) is 12.1 Å². The third-order valence-corrected chi connectivity index (χ3v) is 3.34. The lowest BCUT2D eigenvalue weighted by atomic mass is 10.1. The fourth-order valence-corrected chi connectivity index (χ4v) is 2.32. The van der Waals surface area contributed by atoms with Gasteiger partial charge in [-0.15, -0.1) is 11.6 Å². The van der Waals surface area contributed by atoms with E-state index in [9.17, 15) is 4.79 Å². The number of amides is 1. The number of halogens is 1. The third-order valence-electron chi connectivity index (χ3n) is 3.15. The van der Waals surface area contributed by atoms with Crippen LogP contribution in [0.4, 0.5) is 5.69 Å². The second kappa shape index (κ2) is 4.88. The van der Waals surface area contributed by atoms with Crippen LogP contribution in [0.15, 0.2) is 18.2 Å². The molecular weight excluding hydrogens is 222 g/mol. The summed E-state index contributed by atoms with van der Waals surface area (Å²) in [7, 11) is 1.81. The van der Waals surface area contributed by atoms with Crippen LogP contribution >= 0.6 is 11.6 Å². The summed E-state index contributed by atoms with van der Waals surface area (Å²) in [6.45, 7) is 0. The van der Waals surface area contributed by atoms with Crippen LogP contribution in [0.2, 0.25) is 0 Å². The number of hydrogen-bond acceptors (Lipinski definition) is 1. The summed E-state index contributed by atoms with van der Waals surface area (Å²) in [5.74, 6) is 0.460. The summed E-state index contributed by atoms with van der Waals surface area (Å²) in [6, 6.07) is 6.30. The highest BCUT2D eigenvalue weighted by molar-refractivity contribution is 6.19. The molecule has 0 aliphatic heterocycles. The number of carbonyl (C=O) groups is 1. The van der Waals surface area contributed by atoms with Crippen molar-refractivity contribution in [3.05, 3.63) is 29.3 Å². The summed E-state index contributed by atoms with van der Waals surface area (Å²) in [6.07, 6.45) is 3.95. The average molecular weight is 238 g/mol. The molecule has 0 radical (unpaired) electrons. The molecule has 2 rings (SSSR count). The second-order valence-electron chi connectivity index (χ2n) is 4.20. The molecule has 0 fully saturated rings. The van der Waals surface area contributed by atoms with Crippen LogP contribution in [0.3, 0.4) is 0 Å². The highest BCUT2D eigenvalue weighted by atomic mass is 35.5. The summed E-state index contributed by atoms with van der Waals surface area (Å²) in [4.78, 5) is 13.4. The SMILES string of the molecule is CN(C(=O)CCCl)c1ccc2c(c1)CCC2. The molecule has 2 nitrogen and oxygen atoms in total. The van der Waals surface area contributed by atoms with Crippen LogP contribution < -0.4 is 4.90 Å². The lowest BCUT2D eigenvalue weighted by Crippen LogP contribution is -2.26. The fourth-order valence-electron chi connectivity index (χ4n) is 2.16. The molecule has 86 valence electrons. The predicted molar refractivity (Wildman–Crippen MR) is 67.2 cm³/mol. The molecule has 16 heavy (non-hydrogen) atoms. The van der Waals surface area contributed by atoms with Gasteiger partial charge in [0.2, 0.25) is 5.91 Å². The van der Waals surface area contributed by atoms with E-state index in [2.05, 4.69) is 12.1 Å². The van der Waals surface area contributed by atoms with Gasteiger partial charge < -0.3 is 4.90 Å². The number of benzene rings is 1. The van der Waals surface area contributed by atoms with Crippen molar-refractivity contribution in [3.8, 4) is 0 Å². The average Bonchev–Trinajstić information content (AvgIpc) is 2.75. The van der Waals surface area contributed by atoms with Crippen LogP contribution in [0.25, 0.3) is 0 Å². The van der Waals surface area contributed by atoms with Gasteiger partial charge in [0.25, 0.3) is 0 Å². The van der Waals surface area contributed by atoms with Gasteiger partial charge in [0, 0.05) is 25.0 Å². The van der Waals surface area contributed by atoms with Crippen LogP contribution in [0.1, 0.15) is 24.0 Å². The molecule has 0 heterocycles. The minimum absolute atomic E-state index is 0.0768. The van der Waals surface area contributed by atoms with Crippen molar-refractivity contribution in [3.63, 3.8) is 0 Å². The van der Waals surface area contributed by atoms with Crippen LogP contribution in [-0.4, -0.2) is 18.8 Å². The maximum absolute atomic E-state index is 11.7. The Morgan fingerprint density at radius 3 is 2.88 bits per heavy atom. The molecule has 0 bridgehead atoms. The van der Waals surface area contributed by atoms with E-state index in [1.54, 1.807) is 4.90 Å². The van der Waals surface area contributed by atoms with Gasteiger partial charge in [-0.3, -0.25) is 4.79 Å². The van der Waals surface area contributed by atoms with E-state index in [4.69, 9.17) is 11.6 Å². The molecule has 1 aliphatic rings. The quantitative estimate of drug-likeness (QED) is 0.741. The molecule has 1 aromatic carbocycles. The number of alkyl halides is 1. The van der Waals surface area contributed by atoms with Crippen molar-refractivity contribution < 1.29 is 4.79 Å². The number of anilines is 1. The Morgan fingerprint density at radius 2 is 2.12 bits per heavy atom. The molecule has 1 aliphatic carbocycles. The van der Waals surface area contributed by atoms with E-state index in [-0.39, 0.29) is 5.91 Å². The van der Waals surface area contributed by atoms with Crippen molar-refractivity contribution in [1.82, 2.24) is 0 Å². The first-order valence-corrected chi connectivity index (χ1v) is 6.20. The Bertz CT molecular complexity index is 403. The van der Waals surface area contributed by atoms with Gasteiger partial charge >= 0.3 is 0 Å². The minimum Gasteiger partial charge on any atom is -0.315 e. The van der Waals surface area contributed by atoms with Gasteiger partial charge in [-0.25, -0.2) is 0 Å². The number of fused-ring (bicyclic) bond motifs is 1. The summed E-state index contributed by atoms with van der Waals surface area (Å²) >= 11 is 5.57. The van der Waals surface area contributed by atoms with Crippen molar-refractivity contribution in [2.45, 2.75) is 25.7 Å². The lowest BCUT2D eigenvalue weighted by molar-refractivity contribution is -0.117. The van der Waals surface area contributed by atoms with Gasteiger partial charge in [0.15, 0.2) is 0 Å². The predicted octanol–water partition coefficient (Wildman–Crippen LogP) is 2.77. The molecule has 0 saturated heterocycles. The molecule has 1 aromatic rings. The Morgan fingerprint density at radius 1 is 1.38 bits per heavy atom. The van der Waals surface area contributed by atoms with Gasteiger partial charge in [-0.05, 0) is 42.5 Å². The maximum atomic E-state index is 11.7. The topological polar surface area (TPSA) is 20.3 Å². The van der Waals surface area contributed by atoms with Gasteiger partial charge in [0.05, 0.1) is 0 Å². The molecule has 0 unspecified atom stereocenters. The fraction of sp³-hybridized carbons (Fsp3) is 0.462. The Balaban J connectivity index is 2.18. The van der Waals surface area contributed by atoms with Crippen molar-refractivity contribution in [2.75, 3.05) is 17.8 Å². The third kappa shape index (κ3) is 2.22. The first-order valence-electron chi connectivity index (χ1n) is 5.66. The molecule has 1 amide bonds. The highest BCUT2D eigenvalue weighted by Crippen LogP contribution is 2.26. The minimum atomic E-state index is 0.0768. The van der Waals surface area contributed by atoms with E-state index in [0.29, 0.717) is 12.3 Å². The van der Waals surface area contributed by atoms with Gasteiger partial charge in [-0.1, -0.05) is 6.07 Å². The molecule has 0 atom stereocenters. The van der Waals surface area contributed by atoms with Crippen LogP contribution in [-0.2, 0) is 17.6 Å². The van der Waals surface area contributed by atoms with Crippen LogP contribution in [0.5, 0.6) is 0 Å². The zero-order valence-electron chi connectivity index (χ0n) is 9.50. The monoisotopic (exact) mass is 237 g/mol. The smallest absolute Gasteiger partial charge is 0.227 e. The van der Waals surface area contributed by atoms with E-state index < -0.39 is 0 Å². The van der Waals surface area contributed by atoms with Crippen LogP contribution in [0, 0.1) is 0 Å². The zero-order valence-corrected chi connectivity index (χ0v) is 10.3. The Hall–Kier alpha value is -1.02. The van der Waals surface area contributed by atoms with E-state index in [1.165, 1.54) is 24.0 Å². The van der Waals surface area contributed by atoms with Gasteiger partial charge in [0.1, 0.15) is 0 Å². The number of aryl methyl sites for hydroxylation is 2. The number of carbonyl (C=O) groups excluding carboxylic acids is 1. The highest BCUT2D eigenvalue weighted by Gasteiger charge is 2.14. The molecule has 0 saturated carbocycles. The first-order chi connectivity index (χ1) is 7.72. The van der Waals surface area contributed by atoms with Gasteiger partial charge in [-0.2, -0.15) is 0 Å². The largest absolute Gasteiger partial charge is 0.315 e. The number of rotatable bonds is 3. The van der Waals surface area contributed by atoms with E-state index in [1.807, 2.05) is 13.1 Å². The second-order valence-corrected chi connectivity index (χ2v) is 4.58. The van der Waals surface area contributed by atoms with Crippen molar-refractivity contribution >= 4 is 23.2 Å². The number of nitrogens with zero attached hydrogens (tertiary/aromatic N) is 1. The Labute approximate surface area is 101 Å². The first kappa shape index (κ1) is 11.5. The lowest BCUT2D eigenvalue weighted by Gasteiger charge is -2.17. The van der Waals surface area contributed by atoms with Crippen molar-refractivity contribution in [2.24, 2.45) is 0 Å². The zero-order chi connectivity index (χ0) is 11.5. The van der Waals surface area contributed by atoms with Crippen molar-refractivity contribution in [1.29, 1.82) is 0 Å². The molecule has 0 spiro atoms. The van der Waals surface area contributed by atoms with E-state index >= 15 is 0 Å². The normalized spacial score (nSPS) is 13.6. The molecule has 0 N–H and O–H groups in total. The molecular formula is C13H16ClNO. The summed E-state index contributed by atoms with van der Waals surface area (Å²) < 4.78 is 0.